The number of alkyl halides is 3. The minimum atomic E-state index is -4.64. The van der Waals surface area contributed by atoms with Crippen LogP contribution in [0.5, 0.6) is 0 Å². The Labute approximate surface area is 117 Å². The van der Waals surface area contributed by atoms with Crippen LogP contribution >= 0.6 is 0 Å². The van der Waals surface area contributed by atoms with Crippen LogP contribution in [0.1, 0.15) is 18.7 Å². The van der Waals surface area contributed by atoms with Gasteiger partial charge in [0.2, 0.25) is 5.82 Å². The smallest absolute Gasteiger partial charge is 0.451 e. The monoisotopic (exact) mass is 299 g/mol. The van der Waals surface area contributed by atoms with E-state index in [1.807, 2.05) is 0 Å². The summed E-state index contributed by atoms with van der Waals surface area (Å²) in [5, 5.41) is 11.7. The number of para-hydroxylation sites is 1. The second-order valence-electron chi connectivity index (χ2n) is 4.33. The van der Waals surface area contributed by atoms with E-state index in [4.69, 9.17) is 5.11 Å². The van der Waals surface area contributed by atoms with Gasteiger partial charge in [0.05, 0.1) is 5.52 Å². The van der Waals surface area contributed by atoms with Gasteiger partial charge in [0.1, 0.15) is 5.82 Å². The van der Waals surface area contributed by atoms with Crippen molar-refractivity contribution in [3.63, 3.8) is 0 Å². The van der Waals surface area contributed by atoms with Crippen LogP contribution in [0.3, 0.4) is 0 Å². The topological polar surface area (TPSA) is 75.1 Å². The molecule has 0 fully saturated rings. The van der Waals surface area contributed by atoms with Crippen molar-refractivity contribution in [1.82, 2.24) is 9.97 Å². The predicted molar refractivity (Wildman–Crippen MR) is 69.9 cm³/mol. The second kappa shape index (κ2) is 5.94. The Morgan fingerprint density at radius 2 is 1.95 bits per heavy atom. The zero-order valence-electron chi connectivity index (χ0n) is 10.8. The van der Waals surface area contributed by atoms with E-state index in [1.54, 1.807) is 18.2 Å². The first-order valence-corrected chi connectivity index (χ1v) is 6.17. The normalized spacial score (nSPS) is 11.6. The van der Waals surface area contributed by atoms with Crippen molar-refractivity contribution in [2.24, 2.45) is 0 Å². The van der Waals surface area contributed by atoms with Crippen molar-refractivity contribution in [2.75, 3.05) is 11.9 Å². The maximum absolute atomic E-state index is 12.8. The third-order valence-electron chi connectivity index (χ3n) is 2.72. The Morgan fingerprint density at radius 1 is 1.24 bits per heavy atom. The lowest BCUT2D eigenvalue weighted by Gasteiger charge is -2.11. The summed E-state index contributed by atoms with van der Waals surface area (Å²) >= 11 is 0. The third kappa shape index (κ3) is 3.80. The Morgan fingerprint density at radius 3 is 2.62 bits per heavy atom. The van der Waals surface area contributed by atoms with Crippen LogP contribution in [0.2, 0.25) is 0 Å². The highest BCUT2D eigenvalue weighted by Gasteiger charge is 2.35. The molecule has 2 N–H and O–H groups in total. The SMILES string of the molecule is O=C(O)CCCNc1nc(C(F)(F)F)nc2ccccc12. The van der Waals surface area contributed by atoms with Crippen molar-refractivity contribution >= 4 is 22.7 Å². The van der Waals surface area contributed by atoms with Gasteiger partial charge in [-0.15, -0.1) is 0 Å². The molecule has 2 aromatic rings. The fraction of sp³-hybridized carbons (Fsp3) is 0.308. The molecule has 0 unspecified atom stereocenters. The summed E-state index contributed by atoms with van der Waals surface area (Å²) in [4.78, 5) is 17.4. The van der Waals surface area contributed by atoms with Crippen molar-refractivity contribution in [2.45, 2.75) is 19.0 Å². The lowest BCUT2D eigenvalue weighted by Crippen LogP contribution is -2.14. The van der Waals surface area contributed by atoms with E-state index in [0.29, 0.717) is 5.39 Å². The molecule has 0 saturated carbocycles. The van der Waals surface area contributed by atoms with Gasteiger partial charge in [0, 0.05) is 18.4 Å². The van der Waals surface area contributed by atoms with Crippen LogP contribution in [0, 0.1) is 0 Å². The van der Waals surface area contributed by atoms with Crippen LogP contribution in [0.25, 0.3) is 10.9 Å². The molecule has 112 valence electrons. The number of hydrogen-bond acceptors (Lipinski definition) is 4. The van der Waals surface area contributed by atoms with Gasteiger partial charge < -0.3 is 10.4 Å². The summed E-state index contributed by atoms with van der Waals surface area (Å²) in [6.07, 6.45) is -4.42. The molecule has 0 aliphatic carbocycles. The molecule has 21 heavy (non-hydrogen) atoms. The zero-order valence-corrected chi connectivity index (χ0v) is 10.8. The number of rotatable bonds is 5. The Hall–Kier alpha value is -2.38. The minimum absolute atomic E-state index is 0.0540. The lowest BCUT2D eigenvalue weighted by molar-refractivity contribution is -0.144. The number of aliphatic carboxylic acids is 1. The number of anilines is 1. The van der Waals surface area contributed by atoms with Crippen LogP contribution in [-0.2, 0) is 11.0 Å². The minimum Gasteiger partial charge on any atom is -0.481 e. The van der Waals surface area contributed by atoms with E-state index in [1.165, 1.54) is 6.07 Å². The number of halogens is 3. The standard InChI is InChI=1S/C13H12F3N3O2/c14-13(15,16)12-18-9-5-2-1-4-8(9)11(19-12)17-7-3-6-10(20)21/h1-2,4-5H,3,6-7H2,(H,20,21)(H,17,18,19). The first-order valence-electron chi connectivity index (χ1n) is 6.17. The second-order valence-corrected chi connectivity index (χ2v) is 4.33. The molecule has 0 amide bonds. The summed E-state index contributed by atoms with van der Waals surface area (Å²) in [5.74, 6) is -2.12. The fourth-order valence-electron chi connectivity index (χ4n) is 1.78. The van der Waals surface area contributed by atoms with Crippen molar-refractivity contribution in [3.8, 4) is 0 Å². The maximum atomic E-state index is 12.8. The average molecular weight is 299 g/mol. The number of nitrogens with zero attached hydrogens (tertiary/aromatic N) is 2. The van der Waals surface area contributed by atoms with E-state index in [9.17, 15) is 18.0 Å². The summed E-state index contributed by atoms with van der Waals surface area (Å²) in [7, 11) is 0. The molecule has 5 nitrogen and oxygen atoms in total. The van der Waals surface area contributed by atoms with Crippen molar-refractivity contribution < 1.29 is 23.1 Å². The summed E-state index contributed by atoms with van der Waals surface area (Å²) in [5.41, 5.74) is 0.181. The number of carbonyl (C=O) groups is 1. The molecule has 0 aliphatic heterocycles. The molecule has 1 heterocycles. The maximum Gasteiger partial charge on any atom is 0.451 e. The molecule has 0 bridgehead atoms. The Bertz CT molecular complexity index is 659. The largest absolute Gasteiger partial charge is 0.481 e. The van der Waals surface area contributed by atoms with Crippen molar-refractivity contribution in [3.05, 3.63) is 30.1 Å². The van der Waals surface area contributed by atoms with Crippen LogP contribution < -0.4 is 5.32 Å². The van der Waals surface area contributed by atoms with E-state index >= 15 is 0 Å². The van der Waals surface area contributed by atoms with Gasteiger partial charge in [-0.25, -0.2) is 9.97 Å². The quantitative estimate of drug-likeness (QED) is 0.830. The molecule has 0 aliphatic rings. The molecule has 2 rings (SSSR count). The number of carboxylic acids is 1. The van der Waals surface area contributed by atoms with Gasteiger partial charge in [-0.1, -0.05) is 12.1 Å². The van der Waals surface area contributed by atoms with Gasteiger partial charge in [0.25, 0.3) is 0 Å². The van der Waals surface area contributed by atoms with Gasteiger partial charge >= 0.3 is 12.1 Å². The molecule has 0 atom stereocenters. The molecule has 0 radical (unpaired) electrons. The van der Waals surface area contributed by atoms with Gasteiger partial charge in [-0.2, -0.15) is 13.2 Å². The summed E-state index contributed by atoms with van der Waals surface area (Å²) in [6, 6.07) is 6.33. The van der Waals surface area contributed by atoms with Crippen LogP contribution in [0.15, 0.2) is 24.3 Å². The number of fused-ring (bicyclic) bond motifs is 1. The van der Waals surface area contributed by atoms with E-state index in [2.05, 4.69) is 15.3 Å². The molecule has 0 saturated heterocycles. The highest BCUT2D eigenvalue weighted by atomic mass is 19.4. The zero-order chi connectivity index (χ0) is 15.5. The Balaban J connectivity index is 2.29. The number of nitrogens with one attached hydrogen (secondary N) is 1. The summed E-state index contributed by atoms with van der Waals surface area (Å²) in [6.45, 7) is 0.213. The Kier molecular flexibility index (Phi) is 4.25. The molecular weight excluding hydrogens is 287 g/mol. The van der Waals surface area contributed by atoms with E-state index in [0.717, 1.165) is 0 Å². The first-order chi connectivity index (χ1) is 9.88. The lowest BCUT2D eigenvalue weighted by atomic mass is 10.2. The van der Waals surface area contributed by atoms with Crippen LogP contribution in [-0.4, -0.2) is 27.6 Å². The summed E-state index contributed by atoms with van der Waals surface area (Å²) < 4.78 is 38.3. The number of aromatic nitrogens is 2. The molecule has 1 aromatic carbocycles. The molecule has 1 aromatic heterocycles. The predicted octanol–water partition coefficient (Wildman–Crippen LogP) is 2.93. The van der Waals surface area contributed by atoms with Gasteiger partial charge in [-0.05, 0) is 18.6 Å². The molecular formula is C13H12F3N3O2. The number of carboxylic acid groups (broad SMARTS) is 1. The average Bonchev–Trinajstić information content (AvgIpc) is 2.42. The number of benzene rings is 1. The fourth-order valence-corrected chi connectivity index (χ4v) is 1.78. The molecule has 0 spiro atoms. The van der Waals surface area contributed by atoms with E-state index < -0.39 is 18.0 Å². The van der Waals surface area contributed by atoms with Gasteiger partial charge in [0.15, 0.2) is 0 Å². The highest BCUT2D eigenvalue weighted by molar-refractivity contribution is 5.89. The third-order valence-corrected chi connectivity index (χ3v) is 2.72. The van der Waals surface area contributed by atoms with Gasteiger partial charge in [-0.3, -0.25) is 4.79 Å². The highest BCUT2D eigenvalue weighted by Crippen LogP contribution is 2.30. The van der Waals surface area contributed by atoms with Crippen LogP contribution in [0.4, 0.5) is 19.0 Å². The van der Waals surface area contributed by atoms with E-state index in [-0.39, 0.29) is 30.7 Å². The van der Waals surface area contributed by atoms with Crippen molar-refractivity contribution in [1.29, 1.82) is 0 Å². The first kappa shape index (κ1) is 15.0. The molecule has 8 heteroatoms. The number of hydrogen-bond donors (Lipinski definition) is 2.